The molecule has 3 aromatic rings. The molecule has 9 nitrogen and oxygen atoms in total. The van der Waals surface area contributed by atoms with E-state index in [1.807, 2.05) is 19.0 Å². The van der Waals surface area contributed by atoms with Crippen molar-refractivity contribution in [2.24, 2.45) is 4.99 Å². The highest BCUT2D eigenvalue weighted by Gasteiger charge is 2.35. The minimum absolute atomic E-state index is 0.182. The molecular weight excluding hydrogens is 630 g/mol. The first-order valence-electron chi connectivity index (χ1n) is 11.2. The first kappa shape index (κ1) is 27.2. The van der Waals surface area contributed by atoms with Crippen LogP contribution in [0.1, 0.15) is 31.2 Å². The van der Waals surface area contributed by atoms with Gasteiger partial charge in [-0.1, -0.05) is 27.3 Å². The van der Waals surface area contributed by atoms with Gasteiger partial charge in [-0.05, 0) is 47.5 Å². The molecule has 3 heterocycles. The summed E-state index contributed by atoms with van der Waals surface area (Å²) >= 11 is 8.30. The third-order valence-electron chi connectivity index (χ3n) is 5.68. The molecule has 2 aromatic heterocycles. The first-order chi connectivity index (χ1) is 17.6. The van der Waals surface area contributed by atoms with E-state index in [-0.39, 0.29) is 17.7 Å². The average molecular weight is 655 g/mol. The number of esters is 1. The van der Waals surface area contributed by atoms with E-state index in [1.165, 1.54) is 30.1 Å². The van der Waals surface area contributed by atoms with Crippen LogP contribution in [0, 0.1) is 0 Å². The van der Waals surface area contributed by atoms with Crippen molar-refractivity contribution in [2.75, 3.05) is 39.8 Å². The van der Waals surface area contributed by atoms with Gasteiger partial charge in [0.05, 0.1) is 47.1 Å². The number of halogens is 2. The molecule has 0 fully saturated rings. The van der Waals surface area contributed by atoms with Crippen molar-refractivity contribution in [1.82, 2.24) is 4.57 Å². The van der Waals surface area contributed by atoms with Gasteiger partial charge in [0.2, 0.25) is 5.88 Å². The highest BCUT2D eigenvalue weighted by atomic mass is 79.9. The number of carbonyl (C=O) groups is 1. The molecule has 0 radical (unpaired) electrons. The van der Waals surface area contributed by atoms with Gasteiger partial charge >= 0.3 is 5.97 Å². The fourth-order valence-corrected chi connectivity index (χ4v) is 6.27. The average Bonchev–Trinajstić information content (AvgIpc) is 3.37. The van der Waals surface area contributed by atoms with Gasteiger partial charge in [0, 0.05) is 30.7 Å². The molecule has 1 atom stereocenters. The van der Waals surface area contributed by atoms with Gasteiger partial charge in [-0.15, -0.1) is 0 Å². The lowest BCUT2D eigenvalue weighted by atomic mass is 9.95. The fraction of sp³-hybridized carbons (Fsp3) is 0.320. The summed E-state index contributed by atoms with van der Waals surface area (Å²) in [5.74, 6) is 1.55. The van der Waals surface area contributed by atoms with E-state index in [2.05, 4.69) is 36.9 Å². The summed E-state index contributed by atoms with van der Waals surface area (Å²) in [6, 6.07) is 4.47. The number of hydrogen-bond donors (Lipinski definition) is 0. The Morgan fingerprint density at radius 1 is 1.19 bits per heavy atom. The lowest BCUT2D eigenvalue weighted by molar-refractivity contribution is -0.139. The highest BCUT2D eigenvalue weighted by molar-refractivity contribution is 9.10. The molecule has 196 valence electrons. The number of fused-ring (bicyclic) bond motifs is 1. The number of aromatic nitrogens is 1. The van der Waals surface area contributed by atoms with Crippen LogP contribution in [-0.4, -0.2) is 45.5 Å². The van der Waals surface area contributed by atoms with Gasteiger partial charge in [-0.25, -0.2) is 9.79 Å². The minimum Gasteiger partial charge on any atom is -0.493 e. The Balaban J connectivity index is 1.99. The molecule has 0 saturated heterocycles. The van der Waals surface area contributed by atoms with Crippen LogP contribution in [0.5, 0.6) is 11.5 Å². The third kappa shape index (κ3) is 5.01. The first-order valence-corrected chi connectivity index (χ1v) is 13.6. The second kappa shape index (κ2) is 10.9. The van der Waals surface area contributed by atoms with Crippen molar-refractivity contribution < 1.29 is 23.4 Å². The molecule has 12 heteroatoms. The van der Waals surface area contributed by atoms with Crippen LogP contribution in [-0.2, 0) is 9.53 Å². The fourth-order valence-electron chi connectivity index (χ4n) is 4.05. The standard InChI is InChI=1S/C25H25Br2N3O6S/c1-7-35-24(32)20-12(2)28-25-30(21(20)14-10-17(33-5)18(34-6)11-15(14)26)22(31)19(37-25)9-13-8-16(27)23(36-13)29(3)4/h8-11,21H,7H2,1-6H3/b19-9+/t21-/m1/s1. The van der Waals surface area contributed by atoms with Crippen LogP contribution in [0.15, 0.2) is 52.6 Å². The second-order valence-electron chi connectivity index (χ2n) is 8.23. The van der Waals surface area contributed by atoms with Crippen LogP contribution in [0.2, 0.25) is 0 Å². The summed E-state index contributed by atoms with van der Waals surface area (Å²) in [4.78, 5) is 33.9. The van der Waals surface area contributed by atoms with E-state index in [0.29, 0.717) is 48.2 Å². The van der Waals surface area contributed by atoms with E-state index in [9.17, 15) is 9.59 Å². The predicted molar refractivity (Wildman–Crippen MR) is 148 cm³/mol. The monoisotopic (exact) mass is 653 g/mol. The van der Waals surface area contributed by atoms with Crippen LogP contribution in [0.3, 0.4) is 0 Å². The Bertz CT molecular complexity index is 1580. The SMILES string of the molecule is CCOC(=O)C1=C(C)N=c2s/c(=C/c3cc(Br)c(N(C)C)o3)c(=O)n2[C@@H]1c1cc(OC)c(OC)cc1Br. The van der Waals surface area contributed by atoms with E-state index < -0.39 is 12.0 Å². The highest BCUT2D eigenvalue weighted by Crippen LogP contribution is 2.40. The predicted octanol–water partition coefficient (Wildman–Crippen LogP) is 4.00. The van der Waals surface area contributed by atoms with Crippen molar-refractivity contribution in [3.8, 4) is 11.5 Å². The Morgan fingerprint density at radius 3 is 2.46 bits per heavy atom. The van der Waals surface area contributed by atoms with Crippen LogP contribution in [0.4, 0.5) is 5.88 Å². The number of allylic oxidation sites excluding steroid dienone is 1. The Kier molecular flexibility index (Phi) is 8.00. The molecule has 1 aliphatic heterocycles. The van der Waals surface area contributed by atoms with Crippen LogP contribution in [0.25, 0.3) is 6.08 Å². The van der Waals surface area contributed by atoms with Crippen molar-refractivity contribution >= 4 is 61.1 Å². The zero-order valence-corrected chi connectivity index (χ0v) is 25.0. The number of rotatable bonds is 7. The van der Waals surface area contributed by atoms with Crippen LogP contribution >= 0.6 is 43.2 Å². The number of ether oxygens (including phenoxy) is 3. The number of thiazole rings is 1. The molecule has 0 N–H and O–H groups in total. The zero-order chi connectivity index (χ0) is 27.0. The maximum absolute atomic E-state index is 13.8. The van der Waals surface area contributed by atoms with Gasteiger partial charge in [0.25, 0.3) is 5.56 Å². The Labute approximate surface area is 233 Å². The summed E-state index contributed by atoms with van der Waals surface area (Å²) < 4.78 is 25.5. The number of methoxy groups -OCH3 is 2. The summed E-state index contributed by atoms with van der Waals surface area (Å²) in [7, 11) is 6.79. The number of benzene rings is 1. The molecule has 0 aliphatic carbocycles. The summed E-state index contributed by atoms with van der Waals surface area (Å²) in [6.45, 7) is 3.65. The summed E-state index contributed by atoms with van der Waals surface area (Å²) in [5, 5.41) is 0. The van der Waals surface area contributed by atoms with E-state index in [4.69, 9.17) is 18.6 Å². The molecule has 0 amide bonds. The molecule has 1 aliphatic rings. The molecule has 0 spiro atoms. The Morgan fingerprint density at radius 2 is 1.86 bits per heavy atom. The van der Waals surface area contributed by atoms with Gasteiger partial charge in [-0.2, -0.15) is 0 Å². The lowest BCUT2D eigenvalue weighted by Crippen LogP contribution is -2.40. The smallest absolute Gasteiger partial charge is 0.338 e. The molecule has 37 heavy (non-hydrogen) atoms. The van der Waals surface area contributed by atoms with Gasteiger partial charge < -0.3 is 23.5 Å². The van der Waals surface area contributed by atoms with E-state index in [1.54, 1.807) is 38.1 Å². The summed E-state index contributed by atoms with van der Waals surface area (Å²) in [5.41, 5.74) is 1.04. The molecule has 4 rings (SSSR count). The zero-order valence-electron chi connectivity index (χ0n) is 21.0. The number of nitrogens with zero attached hydrogens (tertiary/aromatic N) is 3. The number of furan rings is 1. The van der Waals surface area contributed by atoms with Crippen molar-refractivity contribution in [3.05, 3.63) is 69.4 Å². The number of hydrogen-bond acceptors (Lipinski definition) is 9. The second-order valence-corrected chi connectivity index (χ2v) is 10.9. The molecular formula is C25H25Br2N3O6S. The third-order valence-corrected chi connectivity index (χ3v) is 7.92. The van der Waals surface area contributed by atoms with Gasteiger partial charge in [-0.3, -0.25) is 9.36 Å². The van der Waals surface area contributed by atoms with Crippen molar-refractivity contribution in [2.45, 2.75) is 19.9 Å². The normalized spacial score (nSPS) is 15.4. The topological polar surface area (TPSA) is 95.5 Å². The quantitative estimate of drug-likeness (QED) is 0.356. The maximum Gasteiger partial charge on any atom is 0.338 e. The Hall–Kier alpha value is -2.83. The molecule has 0 saturated carbocycles. The molecule has 1 aromatic carbocycles. The van der Waals surface area contributed by atoms with Gasteiger partial charge in [0.1, 0.15) is 5.76 Å². The van der Waals surface area contributed by atoms with Crippen molar-refractivity contribution in [1.29, 1.82) is 0 Å². The van der Waals surface area contributed by atoms with E-state index >= 15 is 0 Å². The summed E-state index contributed by atoms with van der Waals surface area (Å²) in [6.07, 6.45) is 1.67. The van der Waals surface area contributed by atoms with Gasteiger partial charge in [0.15, 0.2) is 16.3 Å². The van der Waals surface area contributed by atoms with E-state index in [0.717, 1.165) is 4.47 Å². The number of carbonyl (C=O) groups excluding carboxylic acids is 1. The maximum atomic E-state index is 13.8. The molecule has 0 bridgehead atoms. The lowest BCUT2D eigenvalue weighted by Gasteiger charge is -2.26. The van der Waals surface area contributed by atoms with Crippen LogP contribution < -0.4 is 29.3 Å². The minimum atomic E-state index is -0.813. The molecule has 0 unspecified atom stereocenters. The van der Waals surface area contributed by atoms with Crippen molar-refractivity contribution in [3.63, 3.8) is 0 Å². The largest absolute Gasteiger partial charge is 0.493 e. The number of anilines is 1.